The number of anilines is 2. The van der Waals surface area contributed by atoms with Crippen molar-refractivity contribution in [2.75, 3.05) is 11.1 Å². The van der Waals surface area contributed by atoms with E-state index < -0.39 is 0 Å². The van der Waals surface area contributed by atoms with Gasteiger partial charge in [-0.25, -0.2) is 4.98 Å². The van der Waals surface area contributed by atoms with Crippen LogP contribution in [0.2, 0.25) is 0 Å². The van der Waals surface area contributed by atoms with Crippen LogP contribution in [0.1, 0.15) is 29.3 Å². The fourth-order valence-corrected chi connectivity index (χ4v) is 3.22. The molecular weight excluding hydrogens is 232 g/mol. The maximum Gasteiger partial charge on any atom is 0.225 e. The summed E-state index contributed by atoms with van der Waals surface area (Å²) in [6.07, 6.45) is 5.22. The van der Waals surface area contributed by atoms with Crippen LogP contribution in [-0.2, 0) is 6.42 Å². The molecule has 0 aromatic carbocycles. The number of fused-ring (bicyclic) bond motifs is 1. The summed E-state index contributed by atoms with van der Waals surface area (Å²) >= 11 is 1.84. The molecule has 0 fully saturated rings. The normalized spacial score (nSPS) is 18.7. The van der Waals surface area contributed by atoms with Gasteiger partial charge in [0.1, 0.15) is 5.82 Å². The summed E-state index contributed by atoms with van der Waals surface area (Å²) < 4.78 is 0. The summed E-state index contributed by atoms with van der Waals surface area (Å²) in [6.45, 7) is 0. The highest BCUT2D eigenvalue weighted by Gasteiger charge is 2.21. The zero-order chi connectivity index (χ0) is 11.7. The van der Waals surface area contributed by atoms with Crippen LogP contribution in [0.25, 0.3) is 0 Å². The van der Waals surface area contributed by atoms with E-state index in [2.05, 4.69) is 26.7 Å². The lowest BCUT2D eigenvalue weighted by atomic mass is 9.94. The van der Waals surface area contributed by atoms with Crippen molar-refractivity contribution in [2.45, 2.75) is 25.3 Å². The molecule has 1 atom stereocenters. The molecule has 3 N–H and O–H groups in total. The number of hydrogen-bond acceptors (Lipinski definition) is 5. The third-order valence-corrected chi connectivity index (χ3v) is 4.03. The van der Waals surface area contributed by atoms with E-state index in [9.17, 15) is 0 Å². The van der Waals surface area contributed by atoms with Crippen molar-refractivity contribution < 1.29 is 0 Å². The van der Waals surface area contributed by atoms with E-state index in [4.69, 9.17) is 5.73 Å². The van der Waals surface area contributed by atoms with Crippen molar-refractivity contribution >= 4 is 23.1 Å². The van der Waals surface area contributed by atoms with Crippen LogP contribution in [0.3, 0.4) is 0 Å². The molecule has 2 aromatic heterocycles. The first kappa shape index (κ1) is 10.5. The standard InChI is InChI=1S/C12H14N4S/c13-11-4-6-14-12(16-11)15-9-2-1-3-10-8(9)5-7-17-10/h4-7,9H,1-3H2,(H3,13,14,15,16). The van der Waals surface area contributed by atoms with Crippen LogP contribution in [0.4, 0.5) is 11.8 Å². The smallest absolute Gasteiger partial charge is 0.225 e. The highest BCUT2D eigenvalue weighted by atomic mass is 32.1. The first-order valence-corrected chi connectivity index (χ1v) is 6.62. The first-order chi connectivity index (χ1) is 8.33. The average Bonchev–Trinajstić information content (AvgIpc) is 2.78. The van der Waals surface area contributed by atoms with E-state index in [0.717, 1.165) is 6.42 Å². The van der Waals surface area contributed by atoms with E-state index in [-0.39, 0.29) is 0 Å². The number of hydrogen-bond donors (Lipinski definition) is 2. The summed E-state index contributed by atoms with van der Waals surface area (Å²) in [5.41, 5.74) is 7.04. The predicted molar refractivity (Wildman–Crippen MR) is 70.1 cm³/mol. The molecule has 1 unspecified atom stereocenters. The Labute approximate surface area is 104 Å². The Morgan fingerprint density at radius 3 is 3.24 bits per heavy atom. The third-order valence-electron chi connectivity index (χ3n) is 3.03. The molecule has 0 aliphatic heterocycles. The third kappa shape index (κ3) is 2.10. The van der Waals surface area contributed by atoms with E-state index >= 15 is 0 Å². The molecule has 0 radical (unpaired) electrons. The van der Waals surface area contributed by atoms with Crippen molar-refractivity contribution in [1.82, 2.24) is 9.97 Å². The lowest BCUT2D eigenvalue weighted by Gasteiger charge is -2.23. The molecule has 0 bridgehead atoms. The van der Waals surface area contributed by atoms with E-state index in [0.29, 0.717) is 17.8 Å². The lowest BCUT2D eigenvalue weighted by molar-refractivity contribution is 0.605. The molecule has 2 heterocycles. The predicted octanol–water partition coefficient (Wildman–Crippen LogP) is 2.61. The van der Waals surface area contributed by atoms with E-state index in [1.807, 2.05) is 11.3 Å². The minimum atomic E-state index is 0.326. The highest BCUT2D eigenvalue weighted by Crippen LogP contribution is 2.34. The molecule has 4 nitrogen and oxygen atoms in total. The first-order valence-electron chi connectivity index (χ1n) is 5.74. The number of nitrogen functional groups attached to an aromatic ring is 1. The molecule has 1 aliphatic carbocycles. The minimum Gasteiger partial charge on any atom is -0.384 e. The van der Waals surface area contributed by atoms with Crippen molar-refractivity contribution in [3.63, 3.8) is 0 Å². The lowest BCUT2D eigenvalue weighted by Crippen LogP contribution is -2.17. The van der Waals surface area contributed by atoms with Gasteiger partial charge in [-0.2, -0.15) is 4.98 Å². The van der Waals surface area contributed by atoms with Gasteiger partial charge in [-0.05, 0) is 42.3 Å². The zero-order valence-corrected chi connectivity index (χ0v) is 10.2. The fraction of sp³-hybridized carbons (Fsp3) is 0.333. The highest BCUT2D eigenvalue weighted by molar-refractivity contribution is 7.10. The molecular formula is C12H14N4S. The number of nitrogens with two attached hydrogens (primary N) is 1. The van der Waals surface area contributed by atoms with Crippen LogP contribution < -0.4 is 11.1 Å². The summed E-state index contributed by atoms with van der Waals surface area (Å²) in [5, 5.41) is 5.53. The molecule has 1 aliphatic rings. The van der Waals surface area contributed by atoms with Crippen LogP contribution in [-0.4, -0.2) is 9.97 Å². The number of aryl methyl sites for hydroxylation is 1. The van der Waals surface area contributed by atoms with Gasteiger partial charge in [0.2, 0.25) is 5.95 Å². The Morgan fingerprint density at radius 2 is 2.35 bits per heavy atom. The van der Waals surface area contributed by atoms with Gasteiger partial charge >= 0.3 is 0 Å². The Bertz CT molecular complexity index is 523. The van der Waals surface area contributed by atoms with Gasteiger partial charge in [-0.1, -0.05) is 0 Å². The molecule has 3 rings (SSSR count). The SMILES string of the molecule is Nc1ccnc(NC2CCCc3sccc32)n1. The zero-order valence-electron chi connectivity index (χ0n) is 9.39. The molecule has 0 amide bonds. The molecule has 5 heteroatoms. The Kier molecular flexibility index (Phi) is 2.68. The van der Waals surface area contributed by atoms with Crippen molar-refractivity contribution in [3.05, 3.63) is 34.2 Å². The number of nitrogens with one attached hydrogen (secondary N) is 1. The second kappa shape index (κ2) is 4.33. The quantitative estimate of drug-likeness (QED) is 0.855. The molecule has 17 heavy (non-hydrogen) atoms. The Hall–Kier alpha value is -1.62. The largest absolute Gasteiger partial charge is 0.384 e. The topological polar surface area (TPSA) is 63.8 Å². The second-order valence-electron chi connectivity index (χ2n) is 4.19. The van der Waals surface area contributed by atoms with Gasteiger partial charge < -0.3 is 11.1 Å². The number of aromatic nitrogens is 2. The van der Waals surface area contributed by atoms with Gasteiger partial charge in [0.15, 0.2) is 0 Å². The second-order valence-corrected chi connectivity index (χ2v) is 5.19. The van der Waals surface area contributed by atoms with Gasteiger partial charge in [-0.3, -0.25) is 0 Å². The molecule has 0 saturated heterocycles. The number of thiophene rings is 1. The van der Waals surface area contributed by atoms with Crippen LogP contribution >= 0.6 is 11.3 Å². The summed E-state index contributed by atoms with van der Waals surface area (Å²) in [4.78, 5) is 9.86. The van der Waals surface area contributed by atoms with Crippen LogP contribution in [0.5, 0.6) is 0 Å². The van der Waals surface area contributed by atoms with Crippen molar-refractivity contribution in [3.8, 4) is 0 Å². The van der Waals surface area contributed by atoms with Crippen LogP contribution in [0.15, 0.2) is 23.7 Å². The fourth-order valence-electron chi connectivity index (χ4n) is 2.23. The van der Waals surface area contributed by atoms with Gasteiger partial charge in [0, 0.05) is 11.1 Å². The van der Waals surface area contributed by atoms with Crippen molar-refractivity contribution in [2.24, 2.45) is 0 Å². The monoisotopic (exact) mass is 246 g/mol. The molecule has 2 aromatic rings. The molecule has 0 spiro atoms. The van der Waals surface area contributed by atoms with E-state index in [1.165, 1.54) is 23.3 Å². The van der Waals surface area contributed by atoms with E-state index in [1.54, 1.807) is 12.3 Å². The molecule has 0 saturated carbocycles. The average molecular weight is 246 g/mol. The van der Waals surface area contributed by atoms with Gasteiger partial charge in [0.25, 0.3) is 0 Å². The van der Waals surface area contributed by atoms with Crippen LogP contribution in [0, 0.1) is 0 Å². The maximum absolute atomic E-state index is 5.65. The molecule has 88 valence electrons. The maximum atomic E-state index is 5.65. The minimum absolute atomic E-state index is 0.326. The van der Waals surface area contributed by atoms with Crippen molar-refractivity contribution in [1.29, 1.82) is 0 Å². The van der Waals surface area contributed by atoms with Gasteiger partial charge in [-0.15, -0.1) is 11.3 Å². The summed E-state index contributed by atoms with van der Waals surface area (Å²) in [7, 11) is 0. The summed E-state index contributed by atoms with van der Waals surface area (Å²) in [5.74, 6) is 1.12. The van der Waals surface area contributed by atoms with Gasteiger partial charge in [0.05, 0.1) is 6.04 Å². The number of rotatable bonds is 2. The Morgan fingerprint density at radius 1 is 1.41 bits per heavy atom. The Balaban J connectivity index is 1.84. The summed E-state index contributed by atoms with van der Waals surface area (Å²) in [6, 6.07) is 4.22. The number of nitrogens with zero attached hydrogens (tertiary/aromatic N) is 2.